The van der Waals surface area contributed by atoms with Gasteiger partial charge < -0.3 is 0 Å². The lowest BCUT2D eigenvalue weighted by molar-refractivity contribution is -0.384. The standard InChI is InChI=1S/C25H23Br2N3O6/c1-13-3-5-15(6-4-13)22(31)14(2)28(23(32)16-7-9-17(10-8-16)30(35)36)29-24(33)18-11-20(26)21(27)12-19(18)25(29)34/h3-10,14,18-21H,11-12H2,1-2H3/t14-,18+,19+,20-,21+/m0/s1. The highest BCUT2D eigenvalue weighted by atomic mass is 79.9. The van der Waals surface area contributed by atoms with Gasteiger partial charge in [-0.1, -0.05) is 61.7 Å². The molecule has 3 amide bonds. The van der Waals surface area contributed by atoms with Crippen molar-refractivity contribution in [3.8, 4) is 0 Å². The van der Waals surface area contributed by atoms with Gasteiger partial charge in [0.15, 0.2) is 5.78 Å². The Bertz CT molecular complexity index is 1210. The molecule has 0 N–H and O–H groups in total. The number of benzene rings is 2. The molecule has 0 bridgehead atoms. The normalized spacial score (nSPS) is 24.3. The van der Waals surface area contributed by atoms with Crippen molar-refractivity contribution in [2.75, 3.05) is 0 Å². The fraction of sp³-hybridized carbons (Fsp3) is 0.360. The fourth-order valence-electron chi connectivity index (χ4n) is 4.66. The smallest absolute Gasteiger partial charge is 0.273 e. The van der Waals surface area contributed by atoms with Crippen LogP contribution in [0.2, 0.25) is 0 Å². The summed E-state index contributed by atoms with van der Waals surface area (Å²) in [6, 6.07) is 10.4. The van der Waals surface area contributed by atoms with E-state index in [1.807, 2.05) is 6.92 Å². The number of Topliss-reactive ketones (excluding diaryl/α,β-unsaturated/α-hetero) is 1. The van der Waals surface area contributed by atoms with Gasteiger partial charge in [0.25, 0.3) is 23.4 Å². The predicted molar refractivity (Wildman–Crippen MR) is 138 cm³/mol. The average Bonchev–Trinajstić information content (AvgIpc) is 3.08. The van der Waals surface area contributed by atoms with E-state index in [2.05, 4.69) is 31.9 Å². The van der Waals surface area contributed by atoms with Crippen LogP contribution in [0.25, 0.3) is 0 Å². The van der Waals surface area contributed by atoms with E-state index in [1.165, 1.54) is 19.1 Å². The van der Waals surface area contributed by atoms with Crippen molar-refractivity contribution in [3.05, 3.63) is 75.3 Å². The van der Waals surface area contributed by atoms with Crippen LogP contribution in [0.4, 0.5) is 5.69 Å². The van der Waals surface area contributed by atoms with Gasteiger partial charge in [0, 0.05) is 32.9 Å². The first-order valence-electron chi connectivity index (χ1n) is 11.4. The summed E-state index contributed by atoms with van der Waals surface area (Å²) >= 11 is 7.10. The fourth-order valence-corrected chi connectivity index (χ4v) is 5.90. The molecule has 2 fully saturated rings. The molecule has 0 radical (unpaired) electrons. The van der Waals surface area contributed by atoms with Crippen LogP contribution in [0.15, 0.2) is 48.5 Å². The molecule has 2 aromatic rings. The SMILES string of the molecule is Cc1ccc(C(=O)[C@H](C)N(C(=O)c2ccc([N+](=O)[O-])cc2)N2C(=O)[C@@H]3C[C@@H](Br)[C@@H](Br)C[C@H]3C2=O)cc1. The molecular weight excluding hydrogens is 598 g/mol. The Morgan fingerprint density at radius 1 is 0.944 bits per heavy atom. The summed E-state index contributed by atoms with van der Waals surface area (Å²) in [5.74, 6) is -3.53. The maximum absolute atomic E-state index is 13.7. The number of hydrogen-bond donors (Lipinski definition) is 0. The van der Waals surface area contributed by atoms with Crippen molar-refractivity contribution < 1.29 is 24.1 Å². The third kappa shape index (κ3) is 4.73. The van der Waals surface area contributed by atoms with Crippen molar-refractivity contribution in [2.45, 2.75) is 42.4 Å². The quantitative estimate of drug-likeness (QED) is 0.155. The van der Waals surface area contributed by atoms with Gasteiger partial charge in [0.1, 0.15) is 6.04 Å². The monoisotopic (exact) mass is 619 g/mol. The lowest BCUT2D eigenvalue weighted by Crippen LogP contribution is -2.56. The largest absolute Gasteiger partial charge is 0.292 e. The van der Waals surface area contributed by atoms with Gasteiger partial charge in [0.05, 0.1) is 16.8 Å². The lowest BCUT2D eigenvalue weighted by atomic mass is 9.81. The number of hydrogen-bond acceptors (Lipinski definition) is 6. The van der Waals surface area contributed by atoms with Crippen molar-refractivity contribution >= 4 is 61.1 Å². The summed E-state index contributed by atoms with van der Waals surface area (Å²) in [6.45, 7) is 3.34. The van der Waals surface area contributed by atoms with E-state index >= 15 is 0 Å². The highest BCUT2D eigenvalue weighted by Crippen LogP contribution is 2.44. The Morgan fingerprint density at radius 3 is 1.89 bits per heavy atom. The van der Waals surface area contributed by atoms with E-state index in [0.29, 0.717) is 18.4 Å². The number of nitro benzene ring substituents is 1. The van der Waals surface area contributed by atoms with Crippen LogP contribution in [0.1, 0.15) is 46.0 Å². The number of halogens is 2. The molecule has 4 rings (SSSR count). The van der Waals surface area contributed by atoms with Gasteiger partial charge in [-0.15, -0.1) is 0 Å². The molecule has 36 heavy (non-hydrogen) atoms. The number of nitro groups is 1. The van der Waals surface area contributed by atoms with Gasteiger partial charge in [-0.3, -0.25) is 29.3 Å². The van der Waals surface area contributed by atoms with Crippen molar-refractivity contribution in [1.29, 1.82) is 0 Å². The zero-order valence-electron chi connectivity index (χ0n) is 19.5. The van der Waals surface area contributed by atoms with E-state index < -0.39 is 46.3 Å². The van der Waals surface area contributed by atoms with Gasteiger partial charge >= 0.3 is 0 Å². The van der Waals surface area contributed by atoms with E-state index in [-0.39, 0.29) is 20.9 Å². The lowest BCUT2D eigenvalue weighted by Gasteiger charge is -2.34. The summed E-state index contributed by atoms with van der Waals surface area (Å²) in [5, 5.41) is 12.8. The minimum atomic E-state index is -1.19. The number of amides is 3. The minimum Gasteiger partial charge on any atom is -0.292 e. The topological polar surface area (TPSA) is 118 Å². The number of fused-ring (bicyclic) bond motifs is 1. The molecule has 11 heteroatoms. The number of ketones is 1. The first-order valence-corrected chi connectivity index (χ1v) is 13.2. The Labute approximate surface area is 224 Å². The number of nitrogens with zero attached hydrogens (tertiary/aromatic N) is 3. The molecule has 1 heterocycles. The number of imide groups is 1. The van der Waals surface area contributed by atoms with Crippen LogP contribution in [-0.2, 0) is 9.59 Å². The Balaban J connectivity index is 1.74. The number of rotatable bonds is 6. The van der Waals surface area contributed by atoms with Crippen LogP contribution in [0, 0.1) is 28.9 Å². The van der Waals surface area contributed by atoms with Crippen molar-refractivity contribution in [3.63, 3.8) is 0 Å². The van der Waals surface area contributed by atoms with E-state index in [1.54, 1.807) is 24.3 Å². The molecule has 0 spiro atoms. The number of aryl methyl sites for hydroxylation is 1. The molecular formula is C25H23Br2N3O6. The zero-order valence-corrected chi connectivity index (χ0v) is 22.6. The van der Waals surface area contributed by atoms with Gasteiger partial charge in [-0.25, -0.2) is 5.01 Å². The van der Waals surface area contributed by atoms with E-state index in [4.69, 9.17) is 0 Å². The Hall–Kier alpha value is -2.92. The number of non-ortho nitro benzene ring substituents is 1. The molecule has 2 aliphatic rings. The molecule has 5 atom stereocenters. The third-order valence-corrected chi connectivity index (χ3v) is 9.45. The van der Waals surface area contributed by atoms with E-state index in [9.17, 15) is 29.3 Å². The van der Waals surface area contributed by atoms with Crippen LogP contribution in [0.3, 0.4) is 0 Å². The predicted octanol–water partition coefficient (Wildman–Crippen LogP) is 4.45. The second-order valence-electron chi connectivity index (χ2n) is 9.06. The number of alkyl halides is 2. The van der Waals surface area contributed by atoms with Gasteiger partial charge in [0.2, 0.25) is 0 Å². The Kier molecular flexibility index (Phi) is 7.42. The van der Waals surface area contributed by atoms with E-state index in [0.717, 1.165) is 27.7 Å². The van der Waals surface area contributed by atoms with Gasteiger partial charge in [-0.2, -0.15) is 5.01 Å². The highest BCUT2D eigenvalue weighted by molar-refractivity contribution is 9.12. The minimum absolute atomic E-state index is 0.0105. The second kappa shape index (κ2) is 10.2. The second-order valence-corrected chi connectivity index (χ2v) is 11.4. The highest BCUT2D eigenvalue weighted by Gasteiger charge is 2.55. The molecule has 1 aliphatic carbocycles. The van der Waals surface area contributed by atoms with Crippen LogP contribution < -0.4 is 0 Å². The molecule has 0 aromatic heterocycles. The molecule has 9 nitrogen and oxygen atoms in total. The summed E-state index contributed by atoms with van der Waals surface area (Å²) in [7, 11) is 0. The maximum Gasteiger partial charge on any atom is 0.273 e. The third-order valence-electron chi connectivity index (χ3n) is 6.72. The summed E-state index contributed by atoms with van der Waals surface area (Å²) in [6.07, 6.45) is 0.809. The summed E-state index contributed by atoms with van der Waals surface area (Å²) in [4.78, 5) is 64.5. The van der Waals surface area contributed by atoms with Crippen molar-refractivity contribution in [1.82, 2.24) is 10.0 Å². The first kappa shape index (κ1) is 26.2. The molecule has 2 aromatic carbocycles. The average molecular weight is 621 g/mol. The summed E-state index contributed by atoms with van der Waals surface area (Å²) < 4.78 is 0. The molecule has 1 aliphatic heterocycles. The van der Waals surface area contributed by atoms with Gasteiger partial charge in [-0.05, 0) is 38.8 Å². The number of carbonyl (C=O) groups excluding carboxylic acids is 4. The molecule has 0 unspecified atom stereocenters. The molecule has 1 saturated carbocycles. The number of carbonyl (C=O) groups is 4. The number of hydrazine groups is 1. The first-order chi connectivity index (χ1) is 17.0. The van der Waals surface area contributed by atoms with Crippen LogP contribution in [-0.4, -0.2) is 54.1 Å². The molecule has 1 saturated heterocycles. The zero-order chi connectivity index (χ0) is 26.3. The Morgan fingerprint density at radius 2 is 1.42 bits per heavy atom. The molecule has 188 valence electrons. The van der Waals surface area contributed by atoms with Crippen molar-refractivity contribution in [2.24, 2.45) is 11.8 Å². The summed E-state index contributed by atoms with van der Waals surface area (Å²) in [5.41, 5.74) is 1.07. The van der Waals surface area contributed by atoms with Crippen LogP contribution >= 0.6 is 31.9 Å². The van der Waals surface area contributed by atoms with Crippen LogP contribution in [0.5, 0.6) is 0 Å². The maximum atomic E-state index is 13.7.